The minimum absolute atomic E-state index is 0.0561. The Morgan fingerprint density at radius 1 is 1.04 bits per heavy atom. The molecule has 1 aliphatic carbocycles. The Balaban J connectivity index is 1.31. The van der Waals surface area contributed by atoms with Crippen molar-refractivity contribution in [1.82, 2.24) is 10.6 Å². The summed E-state index contributed by atoms with van der Waals surface area (Å²) >= 11 is 0. The first-order valence-electron chi connectivity index (χ1n) is 16.2. The fourth-order valence-corrected chi connectivity index (χ4v) is 5.97. The molecule has 47 heavy (non-hydrogen) atoms. The van der Waals surface area contributed by atoms with Crippen molar-refractivity contribution < 1.29 is 57.4 Å². The van der Waals surface area contributed by atoms with E-state index in [1.165, 1.54) is 6.92 Å². The second-order valence-electron chi connectivity index (χ2n) is 12.7. The van der Waals surface area contributed by atoms with Crippen molar-refractivity contribution in [3.05, 3.63) is 48.0 Å². The van der Waals surface area contributed by atoms with Crippen LogP contribution >= 0.6 is 0 Å². The van der Waals surface area contributed by atoms with Gasteiger partial charge in [0.2, 0.25) is 5.91 Å². The lowest BCUT2D eigenvalue weighted by atomic mass is 9.82. The molecule has 4 rings (SSSR count). The van der Waals surface area contributed by atoms with E-state index in [2.05, 4.69) is 10.6 Å². The number of aliphatic hydroxyl groups excluding tert-OH is 3. The van der Waals surface area contributed by atoms with Gasteiger partial charge in [-0.2, -0.15) is 0 Å². The van der Waals surface area contributed by atoms with Crippen molar-refractivity contribution in [2.75, 3.05) is 13.2 Å². The van der Waals surface area contributed by atoms with Gasteiger partial charge in [-0.25, -0.2) is 13.6 Å². The van der Waals surface area contributed by atoms with E-state index in [4.69, 9.17) is 23.7 Å². The van der Waals surface area contributed by atoms with Crippen LogP contribution in [0.3, 0.4) is 0 Å². The van der Waals surface area contributed by atoms with Crippen LogP contribution in [0.25, 0.3) is 0 Å². The van der Waals surface area contributed by atoms with Crippen LogP contribution in [0.5, 0.6) is 0 Å². The zero-order chi connectivity index (χ0) is 34.3. The number of carbonyl (C=O) groups is 2. The molecule has 5 N–H and O–H groups in total. The zero-order valence-corrected chi connectivity index (χ0v) is 27.2. The summed E-state index contributed by atoms with van der Waals surface area (Å²) in [6, 6.07) is 8.40. The molecule has 0 bridgehead atoms. The first-order chi connectivity index (χ1) is 22.3. The molecule has 1 saturated heterocycles. The Bertz CT molecular complexity index is 1190. The maximum absolute atomic E-state index is 14.1. The quantitative estimate of drug-likeness (QED) is 0.197. The molecule has 3 aliphatic rings. The number of halogens is 2. The molecule has 0 spiro atoms. The lowest BCUT2D eigenvalue weighted by Crippen LogP contribution is -2.56. The van der Waals surface area contributed by atoms with Crippen molar-refractivity contribution in [3.63, 3.8) is 0 Å². The Morgan fingerprint density at radius 2 is 1.77 bits per heavy atom. The Morgan fingerprint density at radius 3 is 2.45 bits per heavy atom. The minimum Gasteiger partial charge on any atom is -0.445 e. The molecular weight excluding hydrogens is 622 g/mol. The molecule has 12 nitrogen and oxygen atoms in total. The van der Waals surface area contributed by atoms with Gasteiger partial charge < -0.3 is 49.6 Å². The minimum atomic E-state index is -3.19. The molecule has 2 amide bonds. The van der Waals surface area contributed by atoms with Gasteiger partial charge in [0.15, 0.2) is 12.6 Å². The van der Waals surface area contributed by atoms with Crippen LogP contribution < -0.4 is 10.6 Å². The van der Waals surface area contributed by atoms with Crippen molar-refractivity contribution >= 4 is 12.0 Å². The van der Waals surface area contributed by atoms with Crippen molar-refractivity contribution in [3.8, 4) is 0 Å². The van der Waals surface area contributed by atoms with Crippen molar-refractivity contribution in [1.29, 1.82) is 0 Å². The van der Waals surface area contributed by atoms with Gasteiger partial charge in [0.05, 0.1) is 37.3 Å². The van der Waals surface area contributed by atoms with Crippen LogP contribution in [0.4, 0.5) is 13.6 Å². The van der Waals surface area contributed by atoms with Gasteiger partial charge in [0.25, 0.3) is 5.92 Å². The number of benzene rings is 1. The maximum Gasteiger partial charge on any atom is 0.407 e. The standard InChI is InChI=1S/C33H48F2N2O10/c1-5-33(34,35)20(4)29(41)37-23-13-18(2)14-24(26(23)39)45-31-27(40)28(25(16-38)46-31)47-30-19(3)11-12-22(44-30)15-36-32(42)43-17-21-9-7-6-8-10-21/h6-12,18-20,22-28,30-31,38-40H,5,13-17H2,1-4H3,(H,36,42)(H,37,41). The number of rotatable bonds is 13. The molecule has 1 aromatic rings. The molecule has 1 aromatic carbocycles. The summed E-state index contributed by atoms with van der Waals surface area (Å²) in [5, 5.41) is 37.5. The molecule has 14 heteroatoms. The number of aliphatic hydroxyl groups is 3. The Kier molecular flexibility index (Phi) is 13.1. The highest BCUT2D eigenvalue weighted by atomic mass is 19.3. The second kappa shape index (κ2) is 16.6. The number of amides is 2. The summed E-state index contributed by atoms with van der Waals surface area (Å²) in [7, 11) is 0. The Labute approximate surface area is 273 Å². The molecule has 2 aliphatic heterocycles. The summed E-state index contributed by atoms with van der Waals surface area (Å²) in [6.45, 7) is 5.87. The van der Waals surface area contributed by atoms with E-state index in [-0.39, 0.29) is 25.0 Å². The largest absolute Gasteiger partial charge is 0.445 e. The fourth-order valence-electron chi connectivity index (χ4n) is 5.97. The van der Waals surface area contributed by atoms with Gasteiger partial charge in [-0.1, -0.05) is 63.3 Å². The van der Waals surface area contributed by atoms with E-state index in [1.54, 1.807) is 6.08 Å². The number of nitrogens with one attached hydrogen (secondary N) is 2. The third-order valence-electron chi connectivity index (χ3n) is 9.01. The van der Waals surface area contributed by atoms with Crippen LogP contribution in [0.15, 0.2) is 42.5 Å². The van der Waals surface area contributed by atoms with Crippen LogP contribution in [0.2, 0.25) is 0 Å². The highest BCUT2D eigenvalue weighted by Crippen LogP contribution is 2.35. The molecule has 0 aromatic heterocycles. The van der Waals surface area contributed by atoms with Gasteiger partial charge >= 0.3 is 6.09 Å². The third kappa shape index (κ3) is 9.68. The molecule has 2 heterocycles. The van der Waals surface area contributed by atoms with Crippen LogP contribution in [-0.2, 0) is 35.1 Å². The average Bonchev–Trinajstić information content (AvgIpc) is 3.35. The van der Waals surface area contributed by atoms with Gasteiger partial charge in [-0.05, 0) is 31.2 Å². The van der Waals surface area contributed by atoms with Crippen LogP contribution in [0.1, 0.15) is 52.5 Å². The summed E-state index contributed by atoms with van der Waals surface area (Å²) in [6.07, 6.45) is -5.13. The molecule has 12 atom stereocenters. The molecule has 1 saturated carbocycles. The van der Waals surface area contributed by atoms with Gasteiger partial charge in [-0.15, -0.1) is 0 Å². The normalized spacial score (nSPS) is 34.9. The van der Waals surface area contributed by atoms with Crippen LogP contribution in [-0.4, -0.2) is 102 Å². The molecule has 12 unspecified atom stereocenters. The SMILES string of the molecule is CCC(F)(F)C(C)C(=O)NC1CC(C)CC(OC2OC(CO)C(OC3OC(CNC(=O)OCc4ccccc4)C=CC3C)C2O)C1O. The van der Waals surface area contributed by atoms with Crippen molar-refractivity contribution in [2.45, 2.75) is 115 Å². The van der Waals surface area contributed by atoms with E-state index < -0.39 is 92.1 Å². The number of hydrogen-bond donors (Lipinski definition) is 5. The topological polar surface area (TPSA) is 165 Å². The van der Waals surface area contributed by atoms with E-state index >= 15 is 0 Å². The number of alkyl carbamates (subject to hydrolysis) is 1. The van der Waals surface area contributed by atoms with E-state index in [9.17, 15) is 33.7 Å². The first kappa shape index (κ1) is 37.1. The Hall–Kier alpha value is -2.72. The molecule has 2 fully saturated rings. The smallest absolute Gasteiger partial charge is 0.407 e. The highest BCUT2D eigenvalue weighted by molar-refractivity contribution is 5.79. The molecule has 264 valence electrons. The summed E-state index contributed by atoms with van der Waals surface area (Å²) in [5.41, 5.74) is 0.847. The summed E-state index contributed by atoms with van der Waals surface area (Å²) in [4.78, 5) is 24.8. The third-order valence-corrected chi connectivity index (χ3v) is 9.01. The van der Waals surface area contributed by atoms with E-state index in [0.717, 1.165) is 12.5 Å². The van der Waals surface area contributed by atoms with Gasteiger partial charge in [-0.3, -0.25) is 4.79 Å². The van der Waals surface area contributed by atoms with Crippen molar-refractivity contribution in [2.24, 2.45) is 17.8 Å². The predicted molar refractivity (Wildman–Crippen MR) is 164 cm³/mol. The molecular formula is C33H48F2N2O10. The molecule has 0 radical (unpaired) electrons. The predicted octanol–water partition coefficient (Wildman–Crippen LogP) is 2.64. The van der Waals surface area contributed by atoms with E-state index in [0.29, 0.717) is 12.8 Å². The summed E-state index contributed by atoms with van der Waals surface area (Å²) < 4.78 is 57.4. The zero-order valence-electron chi connectivity index (χ0n) is 27.2. The number of hydrogen-bond acceptors (Lipinski definition) is 10. The average molecular weight is 671 g/mol. The fraction of sp³-hybridized carbons (Fsp3) is 0.697. The number of carbonyl (C=O) groups excluding carboxylic acids is 2. The summed E-state index contributed by atoms with van der Waals surface area (Å²) in [5.74, 6) is -5.95. The first-order valence-corrected chi connectivity index (χ1v) is 16.2. The van der Waals surface area contributed by atoms with Gasteiger partial charge in [0.1, 0.15) is 31.0 Å². The monoisotopic (exact) mass is 670 g/mol. The highest BCUT2D eigenvalue weighted by Gasteiger charge is 2.50. The maximum atomic E-state index is 14.1. The van der Waals surface area contributed by atoms with Crippen LogP contribution in [0, 0.1) is 17.8 Å². The van der Waals surface area contributed by atoms with E-state index in [1.807, 2.05) is 50.3 Å². The number of ether oxygens (including phenoxy) is 5. The lowest BCUT2D eigenvalue weighted by molar-refractivity contribution is -0.230. The van der Waals surface area contributed by atoms with Gasteiger partial charge in [0, 0.05) is 12.3 Å². The lowest BCUT2D eigenvalue weighted by Gasteiger charge is -2.40. The number of alkyl halides is 2. The second-order valence-corrected chi connectivity index (χ2v) is 12.7.